The Morgan fingerprint density at radius 2 is 0.500 bits per heavy atom. The monoisotopic (exact) mass is 418 g/mol. The predicted octanol–water partition coefficient (Wildman–Crippen LogP) is 6.44. The first kappa shape index (κ1) is 23.1. The molecule has 0 amide bonds. The van der Waals surface area contributed by atoms with Crippen LogP contribution in [0.1, 0.15) is 128 Å². The fraction of sp³-hybridized carbons (Fsp3) is 1.00. The van der Waals surface area contributed by atoms with Crippen LogP contribution in [0.2, 0.25) is 0 Å². The lowest BCUT2D eigenvalue weighted by Crippen LogP contribution is -2.53. The van der Waals surface area contributed by atoms with Crippen LogP contribution in [0, 0.1) is 0 Å². The minimum absolute atomic E-state index is 0.305. The summed E-state index contributed by atoms with van der Waals surface area (Å²) in [5.41, 5.74) is 0. The Labute approximate surface area is 185 Å². The molecule has 4 fully saturated rings. The van der Waals surface area contributed by atoms with Crippen molar-refractivity contribution in [3.05, 3.63) is 0 Å². The number of hydrogen-bond acceptors (Lipinski definition) is 4. The maximum Gasteiger partial charge on any atom is 0.488 e. The SMILES string of the molecule is C1CCC(OB(OC2CCCCC2)B(OC2CCCCC2)OC2CCCCC2)CC1. The Morgan fingerprint density at radius 3 is 0.700 bits per heavy atom. The molecule has 0 N–H and O–H groups in total. The van der Waals surface area contributed by atoms with E-state index in [1.807, 2.05) is 0 Å². The van der Waals surface area contributed by atoms with Gasteiger partial charge in [-0.15, -0.1) is 0 Å². The van der Waals surface area contributed by atoms with E-state index in [4.69, 9.17) is 18.6 Å². The number of rotatable bonds is 9. The molecule has 170 valence electrons. The number of hydrogen-bond donors (Lipinski definition) is 0. The zero-order chi connectivity index (χ0) is 20.4. The molecule has 0 radical (unpaired) electrons. The van der Waals surface area contributed by atoms with E-state index in [0.717, 1.165) is 51.4 Å². The van der Waals surface area contributed by atoms with Crippen LogP contribution >= 0.6 is 0 Å². The van der Waals surface area contributed by atoms with Crippen LogP contribution in [0.4, 0.5) is 0 Å². The second-order valence-corrected chi connectivity index (χ2v) is 10.3. The summed E-state index contributed by atoms with van der Waals surface area (Å²) in [7, 11) is -0.722. The van der Waals surface area contributed by atoms with Crippen molar-refractivity contribution in [1.29, 1.82) is 0 Å². The molecule has 6 heteroatoms. The lowest BCUT2D eigenvalue weighted by atomic mass is 9.47. The van der Waals surface area contributed by atoms with Crippen LogP contribution in [0.15, 0.2) is 0 Å². The van der Waals surface area contributed by atoms with Crippen LogP contribution in [0.3, 0.4) is 0 Å². The van der Waals surface area contributed by atoms with E-state index < -0.39 is 0 Å². The third-order valence-electron chi connectivity index (χ3n) is 7.74. The molecule has 4 nitrogen and oxygen atoms in total. The van der Waals surface area contributed by atoms with Crippen LogP contribution < -0.4 is 0 Å². The molecular weight excluding hydrogens is 374 g/mol. The summed E-state index contributed by atoms with van der Waals surface area (Å²) in [6, 6.07) is 0. The molecule has 0 heterocycles. The van der Waals surface area contributed by atoms with E-state index >= 15 is 0 Å². The van der Waals surface area contributed by atoms with Gasteiger partial charge in [-0.05, 0) is 51.4 Å². The van der Waals surface area contributed by atoms with Gasteiger partial charge in [-0.2, -0.15) is 0 Å². The van der Waals surface area contributed by atoms with Crippen molar-refractivity contribution in [3.8, 4) is 0 Å². The summed E-state index contributed by atoms with van der Waals surface area (Å²) in [4.78, 5) is 0. The molecule has 0 unspecified atom stereocenters. The highest BCUT2D eigenvalue weighted by Gasteiger charge is 2.45. The Balaban J connectivity index is 1.44. The van der Waals surface area contributed by atoms with Gasteiger partial charge in [0.1, 0.15) is 0 Å². The molecule has 30 heavy (non-hydrogen) atoms. The first-order chi connectivity index (χ1) is 14.9. The lowest BCUT2D eigenvalue weighted by Gasteiger charge is -2.35. The van der Waals surface area contributed by atoms with E-state index in [-0.39, 0.29) is 14.0 Å². The fourth-order valence-electron chi connectivity index (χ4n) is 5.88. The van der Waals surface area contributed by atoms with Gasteiger partial charge >= 0.3 is 14.0 Å². The van der Waals surface area contributed by atoms with E-state index in [9.17, 15) is 0 Å². The zero-order valence-electron chi connectivity index (χ0n) is 19.2. The van der Waals surface area contributed by atoms with Gasteiger partial charge in [0.25, 0.3) is 0 Å². The maximum absolute atomic E-state index is 6.67. The second kappa shape index (κ2) is 12.9. The molecule has 0 aromatic rings. The van der Waals surface area contributed by atoms with Gasteiger partial charge in [0.15, 0.2) is 0 Å². The molecular formula is C24H44B2O4. The third kappa shape index (κ3) is 7.53. The Hall–Kier alpha value is -0.0301. The topological polar surface area (TPSA) is 36.9 Å². The summed E-state index contributed by atoms with van der Waals surface area (Å²) >= 11 is 0. The van der Waals surface area contributed by atoms with Crippen LogP contribution in [-0.4, -0.2) is 38.4 Å². The molecule has 4 aliphatic carbocycles. The highest BCUT2D eigenvalue weighted by atomic mass is 16.7. The minimum atomic E-state index is -0.361. The molecule has 0 atom stereocenters. The van der Waals surface area contributed by atoms with E-state index in [0.29, 0.717) is 24.4 Å². The standard InChI is InChI=1S/C24H44B2O4/c1-5-13-21(14-6-1)27-25(28-22-15-7-2-8-16-22)26(29-23-17-9-3-10-18-23)30-24-19-11-4-12-20-24/h21-24H,1-20H2. The molecule has 0 aromatic heterocycles. The first-order valence-corrected chi connectivity index (χ1v) is 13.5. The van der Waals surface area contributed by atoms with Gasteiger partial charge in [-0.25, -0.2) is 0 Å². The fourth-order valence-corrected chi connectivity index (χ4v) is 5.88. The van der Waals surface area contributed by atoms with Crippen molar-refractivity contribution >= 4 is 14.0 Å². The lowest BCUT2D eigenvalue weighted by molar-refractivity contribution is 0.0416. The summed E-state index contributed by atoms with van der Waals surface area (Å²) in [5.74, 6) is 0. The molecule has 0 spiro atoms. The van der Waals surface area contributed by atoms with Gasteiger partial charge < -0.3 is 18.6 Å². The molecule has 0 bridgehead atoms. The Kier molecular flexibility index (Phi) is 9.92. The van der Waals surface area contributed by atoms with Crippen LogP contribution in [-0.2, 0) is 18.6 Å². The van der Waals surface area contributed by atoms with Crippen molar-refractivity contribution in [2.24, 2.45) is 0 Å². The largest absolute Gasteiger partial charge is 0.488 e. The van der Waals surface area contributed by atoms with Gasteiger partial charge in [-0.1, -0.05) is 77.0 Å². The molecule has 0 aliphatic heterocycles. The average molecular weight is 418 g/mol. The third-order valence-corrected chi connectivity index (χ3v) is 7.74. The second-order valence-electron chi connectivity index (χ2n) is 10.3. The first-order valence-electron chi connectivity index (χ1n) is 13.5. The summed E-state index contributed by atoms with van der Waals surface area (Å²) < 4.78 is 26.7. The van der Waals surface area contributed by atoms with Crippen molar-refractivity contribution in [1.82, 2.24) is 0 Å². The van der Waals surface area contributed by atoms with Gasteiger partial charge in [0.05, 0.1) is 0 Å². The van der Waals surface area contributed by atoms with E-state index in [1.54, 1.807) is 0 Å². The van der Waals surface area contributed by atoms with Crippen molar-refractivity contribution < 1.29 is 18.6 Å². The van der Waals surface area contributed by atoms with Crippen LogP contribution in [0.25, 0.3) is 0 Å². The minimum Gasteiger partial charge on any atom is -0.410 e. The Morgan fingerprint density at radius 1 is 0.300 bits per heavy atom. The van der Waals surface area contributed by atoms with Gasteiger partial charge in [0.2, 0.25) is 0 Å². The summed E-state index contributed by atoms with van der Waals surface area (Å²) in [6.45, 7) is 0. The predicted molar refractivity (Wildman–Crippen MR) is 123 cm³/mol. The zero-order valence-corrected chi connectivity index (χ0v) is 19.2. The smallest absolute Gasteiger partial charge is 0.410 e. The molecule has 4 aliphatic rings. The normalized spacial score (nSPS) is 26.0. The van der Waals surface area contributed by atoms with Gasteiger partial charge in [-0.3, -0.25) is 0 Å². The van der Waals surface area contributed by atoms with E-state index in [2.05, 4.69) is 0 Å². The van der Waals surface area contributed by atoms with Crippen molar-refractivity contribution in [2.45, 2.75) is 153 Å². The van der Waals surface area contributed by atoms with Gasteiger partial charge in [0, 0.05) is 24.4 Å². The highest BCUT2D eigenvalue weighted by molar-refractivity contribution is 7.10. The molecule has 4 saturated carbocycles. The Bertz CT molecular complexity index is 374. The molecule has 0 saturated heterocycles. The van der Waals surface area contributed by atoms with Crippen LogP contribution in [0.5, 0.6) is 0 Å². The quantitative estimate of drug-likeness (QED) is 0.404. The summed E-state index contributed by atoms with van der Waals surface area (Å²) in [6.07, 6.45) is 26.1. The molecule has 4 rings (SSSR count). The average Bonchev–Trinajstić information content (AvgIpc) is 2.81. The highest BCUT2D eigenvalue weighted by Crippen LogP contribution is 2.29. The van der Waals surface area contributed by atoms with Crippen molar-refractivity contribution in [2.75, 3.05) is 0 Å². The maximum atomic E-state index is 6.67. The summed E-state index contributed by atoms with van der Waals surface area (Å²) in [5, 5.41) is 0. The van der Waals surface area contributed by atoms with Crippen molar-refractivity contribution in [3.63, 3.8) is 0 Å². The van der Waals surface area contributed by atoms with E-state index in [1.165, 1.54) is 77.0 Å². The molecule has 0 aromatic carbocycles.